The first-order chi connectivity index (χ1) is 7.93. The largest absolute Gasteiger partial charge is 0.393 e. The summed E-state index contributed by atoms with van der Waals surface area (Å²) in [7, 11) is 0. The first-order valence-electron chi connectivity index (χ1n) is 5.53. The molecular formula is C12H18N2OS2. The van der Waals surface area contributed by atoms with Crippen molar-refractivity contribution < 1.29 is 4.79 Å². The second-order valence-corrected chi connectivity index (χ2v) is 5.84. The monoisotopic (exact) mass is 270 g/mol. The highest BCUT2D eigenvalue weighted by atomic mass is 32.1. The lowest BCUT2D eigenvalue weighted by molar-refractivity contribution is -0.124. The van der Waals surface area contributed by atoms with E-state index < -0.39 is 0 Å². The van der Waals surface area contributed by atoms with Gasteiger partial charge < -0.3 is 11.1 Å². The van der Waals surface area contributed by atoms with Gasteiger partial charge in [-0.1, -0.05) is 26.1 Å². The maximum atomic E-state index is 12.0. The summed E-state index contributed by atoms with van der Waals surface area (Å²) < 4.78 is 0. The van der Waals surface area contributed by atoms with Crippen LogP contribution in [0.3, 0.4) is 0 Å². The zero-order valence-corrected chi connectivity index (χ0v) is 12.0. The molecule has 1 aromatic heterocycles. The van der Waals surface area contributed by atoms with Gasteiger partial charge in [-0.3, -0.25) is 4.79 Å². The van der Waals surface area contributed by atoms with Crippen LogP contribution in [0.15, 0.2) is 11.4 Å². The third kappa shape index (κ3) is 3.78. The van der Waals surface area contributed by atoms with Crippen LogP contribution in [0.1, 0.15) is 24.3 Å². The fourth-order valence-electron chi connectivity index (χ4n) is 1.62. The number of rotatable bonds is 5. The van der Waals surface area contributed by atoms with E-state index in [0.717, 1.165) is 0 Å². The Morgan fingerprint density at radius 3 is 2.65 bits per heavy atom. The zero-order chi connectivity index (χ0) is 13.0. The summed E-state index contributed by atoms with van der Waals surface area (Å²) in [6.07, 6.45) is 0. The van der Waals surface area contributed by atoms with Crippen LogP contribution >= 0.6 is 23.6 Å². The van der Waals surface area contributed by atoms with Gasteiger partial charge in [0.25, 0.3) is 0 Å². The number of hydrogen-bond donors (Lipinski definition) is 2. The fraction of sp³-hybridized carbons (Fsp3) is 0.500. The lowest BCUT2D eigenvalue weighted by atomic mass is 9.95. The molecule has 1 heterocycles. The molecule has 1 rings (SSSR count). The van der Waals surface area contributed by atoms with Gasteiger partial charge in [0.15, 0.2) is 0 Å². The van der Waals surface area contributed by atoms with E-state index in [4.69, 9.17) is 18.0 Å². The van der Waals surface area contributed by atoms with Crippen LogP contribution in [0.4, 0.5) is 0 Å². The van der Waals surface area contributed by atoms with Crippen LogP contribution < -0.4 is 11.1 Å². The van der Waals surface area contributed by atoms with Gasteiger partial charge in [0.1, 0.15) is 0 Å². The lowest BCUT2D eigenvalue weighted by Gasteiger charge is -2.18. The van der Waals surface area contributed by atoms with Crippen molar-refractivity contribution in [1.82, 2.24) is 5.32 Å². The number of aryl methyl sites for hydroxylation is 1. The second-order valence-electron chi connectivity index (χ2n) is 4.37. The highest BCUT2D eigenvalue weighted by Gasteiger charge is 2.24. The minimum Gasteiger partial charge on any atom is -0.393 e. The molecule has 0 fully saturated rings. The Morgan fingerprint density at radius 2 is 2.24 bits per heavy atom. The molecule has 0 aliphatic carbocycles. The Balaban J connectivity index is 2.60. The SMILES string of the molecule is Cc1ccsc1CNC(=O)C(C(N)=S)C(C)C. The minimum atomic E-state index is -0.384. The topological polar surface area (TPSA) is 55.1 Å². The summed E-state index contributed by atoms with van der Waals surface area (Å²) in [5.41, 5.74) is 6.79. The van der Waals surface area contributed by atoms with Gasteiger partial charge >= 0.3 is 0 Å². The average molecular weight is 270 g/mol. The minimum absolute atomic E-state index is 0.0831. The molecule has 1 aromatic rings. The van der Waals surface area contributed by atoms with Gasteiger partial charge in [0, 0.05) is 4.88 Å². The predicted octanol–water partition coefficient (Wildman–Crippen LogP) is 2.23. The first kappa shape index (κ1) is 14.1. The molecule has 0 radical (unpaired) electrons. The number of thiophene rings is 1. The molecular weight excluding hydrogens is 252 g/mol. The van der Waals surface area contributed by atoms with Crippen molar-refractivity contribution in [3.63, 3.8) is 0 Å². The standard InChI is InChI=1S/C12H18N2OS2/c1-7(2)10(11(13)16)12(15)14-6-9-8(3)4-5-17-9/h4-5,7,10H,6H2,1-3H3,(H2,13,16)(H,14,15). The smallest absolute Gasteiger partial charge is 0.230 e. The molecule has 1 amide bonds. The van der Waals surface area contributed by atoms with Crippen LogP contribution in [0.25, 0.3) is 0 Å². The Labute approximate surface area is 111 Å². The number of carbonyl (C=O) groups is 1. The summed E-state index contributed by atoms with van der Waals surface area (Å²) in [6, 6.07) is 2.04. The molecule has 0 saturated heterocycles. The molecule has 17 heavy (non-hydrogen) atoms. The Hall–Kier alpha value is -0.940. The van der Waals surface area contributed by atoms with E-state index in [1.54, 1.807) is 11.3 Å². The number of amides is 1. The fourth-order valence-corrected chi connectivity index (χ4v) is 2.85. The van der Waals surface area contributed by atoms with E-state index in [-0.39, 0.29) is 22.7 Å². The lowest BCUT2D eigenvalue weighted by Crippen LogP contribution is -2.40. The van der Waals surface area contributed by atoms with Crippen molar-refractivity contribution in [1.29, 1.82) is 0 Å². The Kier molecular flexibility index (Phi) is 5.08. The molecule has 1 atom stereocenters. The highest BCUT2D eigenvalue weighted by molar-refractivity contribution is 7.80. The van der Waals surface area contributed by atoms with Gasteiger partial charge in [-0.15, -0.1) is 11.3 Å². The molecule has 0 bridgehead atoms. The highest BCUT2D eigenvalue weighted by Crippen LogP contribution is 2.16. The van der Waals surface area contributed by atoms with Crippen molar-refractivity contribution in [2.75, 3.05) is 0 Å². The maximum Gasteiger partial charge on any atom is 0.230 e. The first-order valence-corrected chi connectivity index (χ1v) is 6.82. The number of carbonyl (C=O) groups excluding carboxylic acids is 1. The van der Waals surface area contributed by atoms with E-state index in [0.29, 0.717) is 6.54 Å². The number of hydrogen-bond acceptors (Lipinski definition) is 3. The van der Waals surface area contributed by atoms with Gasteiger partial charge in [-0.2, -0.15) is 0 Å². The van der Waals surface area contributed by atoms with E-state index in [1.807, 2.05) is 32.2 Å². The van der Waals surface area contributed by atoms with E-state index >= 15 is 0 Å². The summed E-state index contributed by atoms with van der Waals surface area (Å²) >= 11 is 6.57. The van der Waals surface area contributed by atoms with Gasteiger partial charge in [0.05, 0.1) is 17.5 Å². The predicted molar refractivity (Wildman–Crippen MR) is 76.0 cm³/mol. The summed E-state index contributed by atoms with van der Waals surface area (Å²) in [5, 5.41) is 4.91. The number of nitrogens with two attached hydrogens (primary N) is 1. The summed E-state index contributed by atoms with van der Waals surface area (Å²) in [4.78, 5) is 13.4. The van der Waals surface area contributed by atoms with Crippen LogP contribution in [0.2, 0.25) is 0 Å². The van der Waals surface area contributed by atoms with E-state index in [2.05, 4.69) is 5.32 Å². The third-order valence-electron chi connectivity index (χ3n) is 2.65. The number of nitrogens with one attached hydrogen (secondary N) is 1. The molecule has 0 spiro atoms. The normalized spacial score (nSPS) is 12.5. The average Bonchev–Trinajstić information content (AvgIpc) is 2.59. The zero-order valence-electron chi connectivity index (χ0n) is 10.3. The number of thiocarbonyl (C=S) groups is 1. The molecule has 0 aromatic carbocycles. The molecule has 1 unspecified atom stereocenters. The summed E-state index contributed by atoms with van der Waals surface area (Å²) in [5.74, 6) is -0.345. The van der Waals surface area contributed by atoms with Gasteiger partial charge in [-0.05, 0) is 29.9 Å². The Morgan fingerprint density at radius 1 is 1.59 bits per heavy atom. The summed E-state index contributed by atoms with van der Waals surface area (Å²) in [6.45, 7) is 6.47. The molecule has 0 saturated carbocycles. The van der Waals surface area contributed by atoms with Crippen molar-refractivity contribution in [3.05, 3.63) is 21.9 Å². The molecule has 3 nitrogen and oxygen atoms in total. The maximum absolute atomic E-state index is 12.0. The van der Waals surface area contributed by atoms with Crippen molar-refractivity contribution >= 4 is 34.5 Å². The second kappa shape index (κ2) is 6.12. The van der Waals surface area contributed by atoms with E-state index in [1.165, 1.54) is 10.4 Å². The van der Waals surface area contributed by atoms with E-state index in [9.17, 15) is 4.79 Å². The quantitative estimate of drug-likeness (QED) is 0.807. The van der Waals surface area contributed by atoms with Crippen LogP contribution in [0.5, 0.6) is 0 Å². The molecule has 0 aliphatic rings. The van der Waals surface area contributed by atoms with Crippen molar-refractivity contribution in [2.45, 2.75) is 27.3 Å². The Bertz CT molecular complexity index is 412. The van der Waals surface area contributed by atoms with Crippen LogP contribution in [-0.2, 0) is 11.3 Å². The third-order valence-corrected chi connectivity index (χ3v) is 3.92. The van der Waals surface area contributed by atoms with Crippen LogP contribution in [-0.4, -0.2) is 10.9 Å². The molecule has 94 valence electrons. The molecule has 5 heteroatoms. The van der Waals surface area contributed by atoms with Gasteiger partial charge in [-0.25, -0.2) is 0 Å². The van der Waals surface area contributed by atoms with Crippen molar-refractivity contribution in [3.8, 4) is 0 Å². The molecule has 0 aliphatic heterocycles. The molecule has 3 N–H and O–H groups in total. The van der Waals surface area contributed by atoms with Crippen molar-refractivity contribution in [2.24, 2.45) is 17.6 Å². The van der Waals surface area contributed by atoms with Gasteiger partial charge in [0.2, 0.25) is 5.91 Å². The van der Waals surface area contributed by atoms with Crippen LogP contribution in [0, 0.1) is 18.8 Å².